The maximum atomic E-state index is 14.8. The van der Waals surface area contributed by atoms with E-state index < -0.39 is 34.3 Å². The van der Waals surface area contributed by atoms with E-state index in [2.05, 4.69) is 275 Å². The third kappa shape index (κ3) is 33.9. The molecule has 0 aliphatic rings. The molecule has 0 radical (unpaired) electrons. The van der Waals surface area contributed by atoms with Crippen LogP contribution in [0.2, 0.25) is 0 Å². The first-order valence-corrected chi connectivity index (χ1v) is 124. The second kappa shape index (κ2) is 54.8. The van der Waals surface area contributed by atoms with Crippen LogP contribution >= 0.6 is 432 Å². The number of hydrogen-bond donors (Lipinski definition) is 2. The van der Waals surface area contributed by atoms with Crippen molar-refractivity contribution < 1.29 is 26.0 Å². The lowest BCUT2D eigenvalue weighted by Gasteiger charge is -2.59. The molecule has 2 aromatic carbocycles. The number of aromatic nitrogens is 4. The second-order valence-electron chi connectivity index (χ2n) is 17.5. The predicted molar refractivity (Wildman–Crippen MR) is 592 cm³/mol. The van der Waals surface area contributed by atoms with Gasteiger partial charge in [-0.25, -0.2) is 27.2 Å². The van der Waals surface area contributed by atoms with Gasteiger partial charge < -0.3 is 15.5 Å². The summed E-state index contributed by atoms with van der Waals surface area (Å²) in [6, 6.07) is 10.0. The Kier molecular flexibility index (Phi) is 62.8. The van der Waals surface area contributed by atoms with Crippen LogP contribution in [0.15, 0.2) is 58.0 Å². The Balaban J connectivity index is 0.000000507. The molecule has 4 rings (SSSR count). The fraction of sp³-hybridized carbons (Fsp3) is 0.308. The van der Waals surface area contributed by atoms with Gasteiger partial charge >= 0.3 is 0 Å². The highest BCUT2D eigenvalue weighted by Crippen LogP contribution is 3.47. The SMILES string of the molecule is CC(CF)NCc1ccc(-c2nnc(-c3nc(-c4ccc(S(=O)(=O)C(C)CCF)cc4)cnc3N)o2)c(F)c1.PP(P)P(P(P)P)P(P(P(P)P)P(P)P)P(P(P(P)P)P(P)P)P(P(P(P(P)P)P(P)P)P(P(P)P)P(P)P)P(P(P(P)P)P(P)P)P(P(P)P)P(P)P. The standard InChI is InChI=1S/C26H27F3N6O3S.H56P54/c1-15(12-28)31-13-17-3-8-20(21(29)11-17)25-34-35-26(38-25)23-24(30)32-14-22(33-23)18-4-6-19(7-5-18)39(36,37)16(2)9-10-27;1-29(2)43(30(3)4)50(44(31(5)6)32(7)8)53(49(41(25)26)42(27)28)54(51(45(33(9)10)34(11)12)46(35(13)14)36(15)16)52(47(37(17)18)38(19)20)48(39(21)22)40(23)24/h3-8,11,14-16,31H,9-10,12-13H2,1-2H3,(H2,30,32);1-28H2. The summed E-state index contributed by atoms with van der Waals surface area (Å²) in [6.45, 7) is -2.83. The van der Waals surface area contributed by atoms with Crippen LogP contribution in [0.3, 0.4) is 0 Å². The molecule has 532 valence electrons. The van der Waals surface area contributed by atoms with Gasteiger partial charge in [0.1, 0.15) is 12.5 Å². The highest BCUT2D eigenvalue weighted by atomic mass is 33.6. The van der Waals surface area contributed by atoms with Crippen molar-refractivity contribution in [1.82, 2.24) is 25.5 Å². The average Bonchev–Trinajstić information content (AvgIpc) is 1.14. The quantitative estimate of drug-likeness (QED) is 0.0427. The molecular weight excluding hydrogens is 2210 g/mol. The van der Waals surface area contributed by atoms with Crippen LogP contribution in [0.5, 0.6) is 0 Å². The number of nitrogens with zero attached hydrogens (tertiary/aromatic N) is 4. The number of hydrogen-bond acceptors (Lipinski definition) is 9. The molecule has 0 aliphatic heterocycles. The largest absolute Gasteiger partial charge is 0.414 e. The minimum Gasteiger partial charge on any atom is -0.414 e. The Hall–Kier alpha value is 19.4. The molecule has 0 saturated carbocycles. The smallest absolute Gasteiger partial charge is 0.270 e. The molecule has 67 heteroatoms. The molecule has 0 bridgehead atoms. The van der Waals surface area contributed by atoms with Crippen molar-refractivity contribution in [1.29, 1.82) is 0 Å². The van der Waals surface area contributed by atoms with Crippen molar-refractivity contribution in [3.05, 3.63) is 60.0 Å². The molecule has 0 saturated heterocycles. The highest BCUT2D eigenvalue weighted by molar-refractivity contribution is 9.53. The summed E-state index contributed by atoms with van der Waals surface area (Å²) in [5.74, 6) is -0.779. The topological polar surface area (TPSA) is 137 Å². The Labute approximate surface area is 647 Å². The molecule has 93 heavy (non-hydrogen) atoms. The molecule has 0 amide bonds. The minimum atomic E-state index is -3.67. The summed E-state index contributed by atoms with van der Waals surface area (Å²) < 4.78 is 70.9. The highest BCUT2D eigenvalue weighted by Gasteiger charge is 2.60. The van der Waals surface area contributed by atoms with Crippen molar-refractivity contribution in [2.24, 2.45) is 0 Å². The molecule has 2 aromatic heterocycles. The molecule has 3 N–H and O–H groups in total. The van der Waals surface area contributed by atoms with Crippen molar-refractivity contribution in [2.75, 3.05) is 19.1 Å². The van der Waals surface area contributed by atoms with E-state index in [0.717, 1.165) is 0 Å². The van der Waals surface area contributed by atoms with E-state index in [4.69, 9.17) is 10.2 Å². The number of benzene rings is 2. The molecule has 2 heterocycles. The Morgan fingerprint density at radius 1 is 0.495 bits per heavy atom. The van der Waals surface area contributed by atoms with Gasteiger partial charge in [0.05, 0.1) is 34.3 Å². The van der Waals surface area contributed by atoms with Gasteiger partial charge in [0, 0.05) is 18.2 Å². The van der Waals surface area contributed by atoms with Crippen molar-refractivity contribution in [3.8, 4) is 34.3 Å². The van der Waals surface area contributed by atoms with Gasteiger partial charge in [-0.2, -0.15) is 0 Å². The summed E-state index contributed by atoms with van der Waals surface area (Å²) in [7, 11) is 94.6. The summed E-state index contributed by atoms with van der Waals surface area (Å²) in [5, 5.41) is 9.95. The maximum absolute atomic E-state index is 14.8. The summed E-state index contributed by atoms with van der Waals surface area (Å²) in [5.41, 5.74) is 7.64. The molecule has 0 aliphatic carbocycles. The van der Waals surface area contributed by atoms with Crippen LogP contribution in [0.1, 0.15) is 25.8 Å². The van der Waals surface area contributed by atoms with Gasteiger partial charge in [-0.05, 0) is 232 Å². The van der Waals surface area contributed by atoms with E-state index in [0.29, 0.717) is 23.4 Å². The summed E-state index contributed by atoms with van der Waals surface area (Å²) in [6.07, 6.45) is 1.32. The van der Waals surface area contributed by atoms with Crippen molar-refractivity contribution in [3.63, 3.8) is 0 Å². The number of rotatable bonds is 36. The van der Waals surface area contributed by atoms with Crippen molar-refractivity contribution in [2.45, 2.75) is 43.0 Å². The lowest BCUT2D eigenvalue weighted by molar-refractivity contribution is 0.391. The van der Waals surface area contributed by atoms with Crippen LogP contribution in [0.25, 0.3) is 34.3 Å². The van der Waals surface area contributed by atoms with E-state index in [1.807, 2.05) is 0 Å². The van der Waals surface area contributed by atoms with Crippen LogP contribution in [0.4, 0.5) is 19.0 Å². The zero-order valence-corrected chi connectivity index (χ0v) is 105. The predicted octanol–water partition coefficient (Wildman–Crippen LogP) is 36.1. The van der Waals surface area contributed by atoms with Gasteiger partial charge in [0.2, 0.25) is 0 Å². The molecule has 4 aromatic rings. The van der Waals surface area contributed by atoms with Crippen LogP contribution in [-0.4, -0.2) is 53.2 Å². The normalized spacial score (nSPS) is 14.3. The number of nitrogens with one attached hydrogen (secondary N) is 1. The summed E-state index contributed by atoms with van der Waals surface area (Å²) in [4.78, 5) is 8.64. The van der Waals surface area contributed by atoms with Gasteiger partial charge in [0.15, 0.2) is 21.3 Å². The molecule has 0 spiro atoms. The Bertz CT molecular complexity index is 2810. The fourth-order valence-electron chi connectivity index (χ4n) is 6.87. The van der Waals surface area contributed by atoms with Crippen LogP contribution < -0.4 is 11.1 Å². The molecule has 31 atom stereocenters. The van der Waals surface area contributed by atoms with Crippen molar-refractivity contribution >= 4 is 447 Å². The number of anilines is 1. The van der Waals surface area contributed by atoms with Gasteiger partial charge in [-0.1, -0.05) is 18.2 Å². The number of halogens is 3. The first-order chi connectivity index (χ1) is 43.1. The monoisotopic (exact) mass is 2290 g/mol. The molecular formula is C26H83F3N6O3P54S. The molecule has 0 fully saturated rings. The van der Waals surface area contributed by atoms with Crippen LogP contribution in [0, 0.1) is 5.82 Å². The number of sulfone groups is 1. The van der Waals surface area contributed by atoms with E-state index in [9.17, 15) is 21.6 Å². The lowest BCUT2D eigenvalue weighted by atomic mass is 10.1. The zero-order valence-electron chi connectivity index (χ0n) is 49.0. The Morgan fingerprint density at radius 3 is 1.15 bits per heavy atom. The third-order valence-electron chi connectivity index (χ3n) is 10.8. The number of nitrogen functional groups attached to an aromatic ring is 1. The van der Waals surface area contributed by atoms with Gasteiger partial charge in [-0.3, -0.25) is 4.39 Å². The van der Waals surface area contributed by atoms with E-state index in [1.165, 1.54) is 37.4 Å². The second-order valence-corrected chi connectivity index (χ2v) is 242. The molecule has 31 unspecified atom stereocenters. The van der Waals surface area contributed by atoms with E-state index in [-0.39, 0.29) is 228 Å². The average molecular weight is 2290 g/mol. The van der Waals surface area contributed by atoms with Gasteiger partial charge in [-0.15, -0.1) is 260 Å². The number of alkyl halides is 2. The minimum absolute atomic E-state index is 0.00271. The lowest BCUT2D eigenvalue weighted by Crippen LogP contribution is -2.27. The summed E-state index contributed by atoms with van der Waals surface area (Å²) >= 11 is 0. The van der Waals surface area contributed by atoms with Crippen LogP contribution in [-0.2, 0) is 16.4 Å². The third-order valence-corrected chi connectivity index (χ3v) is 385. The first kappa shape index (κ1) is 107. The van der Waals surface area contributed by atoms with E-state index in [1.54, 1.807) is 25.1 Å². The fourth-order valence-corrected chi connectivity index (χ4v) is 783. The first-order valence-electron chi connectivity index (χ1n) is 24.3. The van der Waals surface area contributed by atoms with E-state index >= 15 is 0 Å². The molecule has 9 nitrogen and oxygen atoms in total. The van der Waals surface area contributed by atoms with Gasteiger partial charge in [0.25, 0.3) is 11.8 Å². The maximum Gasteiger partial charge on any atom is 0.270 e. The Morgan fingerprint density at radius 2 is 0.828 bits per heavy atom. The zero-order chi connectivity index (χ0) is 71.2. The number of nitrogens with two attached hydrogens (primary N) is 1.